The highest BCUT2D eigenvalue weighted by molar-refractivity contribution is 5.91. The van der Waals surface area contributed by atoms with Gasteiger partial charge in [-0.15, -0.1) is 0 Å². The van der Waals surface area contributed by atoms with E-state index in [4.69, 9.17) is 5.11 Å². The first-order chi connectivity index (χ1) is 6.46. The lowest BCUT2D eigenvalue weighted by Gasteiger charge is -2.25. The van der Waals surface area contributed by atoms with Crippen LogP contribution in [0.4, 0.5) is 13.2 Å². The summed E-state index contributed by atoms with van der Waals surface area (Å²) in [5.41, 5.74) is 0. The Morgan fingerprint density at radius 2 is 2.29 bits per heavy atom. The van der Waals surface area contributed by atoms with Crippen LogP contribution in [0, 0.1) is 0 Å². The second-order valence-electron chi connectivity index (χ2n) is 2.95. The second-order valence-corrected chi connectivity index (χ2v) is 2.95. The van der Waals surface area contributed by atoms with Gasteiger partial charge in [0.25, 0.3) is 6.36 Å². The normalized spacial score (nSPS) is 25.9. The number of nitrogens with one attached hydrogen (secondary N) is 1. The Morgan fingerprint density at radius 1 is 1.64 bits per heavy atom. The number of halogens is 3. The van der Waals surface area contributed by atoms with Crippen LogP contribution in [0.3, 0.4) is 0 Å². The molecule has 1 saturated heterocycles. The van der Waals surface area contributed by atoms with Crippen LogP contribution in [0.2, 0.25) is 0 Å². The topological polar surface area (TPSA) is 63.4 Å². The van der Waals surface area contributed by atoms with Gasteiger partial charge in [0.1, 0.15) is 6.04 Å². The number of ketones is 1. The first-order valence-electron chi connectivity index (χ1n) is 4.08. The Balaban J connectivity index is 2.63. The summed E-state index contributed by atoms with van der Waals surface area (Å²) in [5.74, 6) is -6.05. The Kier molecular flexibility index (Phi) is 3.46. The molecule has 1 heterocycles. The average Bonchev–Trinajstić information content (AvgIpc) is 2.17. The van der Waals surface area contributed by atoms with Crippen LogP contribution in [0.15, 0.2) is 0 Å². The third-order valence-electron chi connectivity index (χ3n) is 1.91. The number of aliphatic hydroxyl groups is 1. The molecular weight excluding hydrogens is 201 g/mol. The highest BCUT2D eigenvalue weighted by atomic mass is 19.3. The van der Waals surface area contributed by atoms with Gasteiger partial charge < -0.3 is 10.4 Å². The van der Waals surface area contributed by atoms with E-state index in [2.05, 4.69) is 10.6 Å². The Hall–Kier alpha value is -0.660. The van der Waals surface area contributed by atoms with E-state index in [0.717, 1.165) is 0 Å². The molecule has 1 aliphatic rings. The molecule has 0 aromatic carbocycles. The van der Waals surface area contributed by atoms with Crippen molar-refractivity contribution in [3.8, 4) is 0 Å². The molecule has 2 unspecified atom stereocenters. The molecule has 0 saturated carbocycles. The van der Waals surface area contributed by atoms with Crippen molar-refractivity contribution in [3.05, 3.63) is 0 Å². The lowest BCUT2D eigenvalue weighted by atomic mass is 10.1. The fraction of sp³-hybridized carbons (Fsp3) is 0.857. The average molecular weight is 211 g/mol. The summed E-state index contributed by atoms with van der Waals surface area (Å²) in [7, 11) is 0. The van der Waals surface area contributed by atoms with Crippen LogP contribution in [-0.2, 0) is 4.79 Å². The molecule has 0 aliphatic carbocycles. The van der Waals surface area contributed by atoms with Crippen LogP contribution >= 0.6 is 0 Å². The van der Waals surface area contributed by atoms with Gasteiger partial charge >= 0.3 is 5.92 Å². The molecule has 1 fully saturated rings. The van der Waals surface area contributed by atoms with Crippen molar-refractivity contribution in [2.75, 3.05) is 19.6 Å². The van der Waals surface area contributed by atoms with E-state index in [-0.39, 0.29) is 13.1 Å². The number of hydrogen-bond acceptors (Lipinski definition) is 3. The summed E-state index contributed by atoms with van der Waals surface area (Å²) in [6.07, 6.45) is -3.47. The Labute approximate surface area is 78.5 Å². The van der Waals surface area contributed by atoms with E-state index >= 15 is 0 Å². The summed E-state index contributed by atoms with van der Waals surface area (Å²) >= 11 is 0. The smallest absolute Gasteiger partial charge is 0.359 e. The van der Waals surface area contributed by atoms with E-state index in [1.54, 1.807) is 0 Å². The zero-order chi connectivity index (χ0) is 10.8. The minimum absolute atomic E-state index is 0.0405. The monoisotopic (exact) mass is 211 g/mol. The van der Waals surface area contributed by atoms with Crippen molar-refractivity contribution in [1.82, 2.24) is 10.6 Å². The Bertz CT molecular complexity index is 217. The van der Waals surface area contributed by atoms with E-state index in [1.807, 2.05) is 0 Å². The van der Waals surface area contributed by atoms with Gasteiger partial charge in [-0.25, -0.2) is 9.71 Å². The van der Waals surface area contributed by atoms with Crippen molar-refractivity contribution < 1.29 is 23.1 Å². The first kappa shape index (κ1) is 11.4. The van der Waals surface area contributed by atoms with Crippen molar-refractivity contribution >= 4 is 5.78 Å². The molecule has 1 aliphatic heterocycles. The lowest BCUT2D eigenvalue weighted by molar-refractivity contribution is -0.185. The van der Waals surface area contributed by atoms with Crippen molar-refractivity contribution in [3.63, 3.8) is 0 Å². The minimum Gasteiger partial charge on any atom is -0.359 e. The van der Waals surface area contributed by atoms with Crippen LogP contribution < -0.4 is 10.6 Å². The number of rotatable bonds is 3. The maximum atomic E-state index is 12.7. The summed E-state index contributed by atoms with van der Waals surface area (Å²) in [6.45, 7) is 0.698. The van der Waals surface area contributed by atoms with Crippen LogP contribution in [0.5, 0.6) is 0 Å². The fourth-order valence-corrected chi connectivity index (χ4v) is 1.12. The highest BCUT2D eigenvalue weighted by Gasteiger charge is 2.50. The predicted octanol–water partition coefficient (Wildman–Crippen LogP) is -0.945. The molecule has 0 amide bonds. The van der Waals surface area contributed by atoms with Gasteiger partial charge in [0.2, 0.25) is 5.78 Å². The quantitative estimate of drug-likeness (QED) is 0.633. The minimum atomic E-state index is -4.37. The third kappa shape index (κ3) is 2.23. The van der Waals surface area contributed by atoms with Gasteiger partial charge in [0.15, 0.2) is 0 Å². The van der Waals surface area contributed by atoms with Crippen molar-refractivity contribution in [2.45, 2.75) is 18.3 Å². The van der Waals surface area contributed by atoms with Crippen LogP contribution in [0.1, 0.15) is 0 Å². The number of hydrogen-bond donors (Lipinski definition) is 2. The summed E-state index contributed by atoms with van der Waals surface area (Å²) in [5, 5.41) is 14.4. The lowest BCUT2D eigenvalue weighted by Crippen LogP contribution is -2.55. The number of alkyl halides is 3. The third-order valence-corrected chi connectivity index (χ3v) is 1.91. The summed E-state index contributed by atoms with van der Waals surface area (Å²) < 4.78 is 37.3. The number of aliphatic hydroxyl groups excluding tert-OH is 1. The van der Waals surface area contributed by atoms with E-state index in [9.17, 15) is 18.0 Å². The van der Waals surface area contributed by atoms with Gasteiger partial charge in [-0.05, 0) is 0 Å². The van der Waals surface area contributed by atoms with Gasteiger partial charge in [-0.2, -0.15) is 8.78 Å². The van der Waals surface area contributed by atoms with E-state index in [0.29, 0.717) is 6.54 Å². The Morgan fingerprint density at radius 3 is 2.71 bits per heavy atom. The van der Waals surface area contributed by atoms with Crippen molar-refractivity contribution in [1.29, 1.82) is 0 Å². The largest absolute Gasteiger partial charge is 0.361 e. The number of Topliss-reactive ketones (excluding diaryl/α,β-unsaturated/α-hetero) is 1. The molecule has 0 aromatic heterocycles. The maximum absolute atomic E-state index is 12.7. The molecule has 4 nitrogen and oxygen atoms in total. The molecule has 81 valence electrons. The number of piperazine rings is 1. The number of carbonyl (C=O) groups is 1. The fourth-order valence-electron chi connectivity index (χ4n) is 1.12. The van der Waals surface area contributed by atoms with E-state index < -0.39 is 24.1 Å². The van der Waals surface area contributed by atoms with Gasteiger partial charge in [-0.1, -0.05) is 0 Å². The molecule has 7 heteroatoms. The predicted molar refractivity (Wildman–Crippen MR) is 40.7 cm³/mol. The SMILES string of the molecule is O=C(C1CNCC[N]1)C(F)(F)C(O)F. The molecule has 2 N–H and O–H groups in total. The van der Waals surface area contributed by atoms with E-state index in [1.165, 1.54) is 0 Å². The molecule has 0 bridgehead atoms. The molecule has 0 aromatic rings. The zero-order valence-electron chi connectivity index (χ0n) is 7.21. The standard InChI is InChI=1S/C7H10F3N2O2/c8-6(14)7(9,10)5(13)4-3-11-1-2-12-4/h4,6,11,14H,1-3H2. The molecular formula is C7H10F3N2O2. The zero-order valence-corrected chi connectivity index (χ0v) is 7.21. The van der Waals surface area contributed by atoms with Gasteiger partial charge in [0, 0.05) is 19.6 Å². The molecule has 14 heavy (non-hydrogen) atoms. The van der Waals surface area contributed by atoms with Crippen LogP contribution in [-0.4, -0.2) is 48.8 Å². The van der Waals surface area contributed by atoms with Gasteiger partial charge in [-0.3, -0.25) is 4.79 Å². The summed E-state index contributed by atoms with van der Waals surface area (Å²) in [4.78, 5) is 11.0. The van der Waals surface area contributed by atoms with Crippen LogP contribution in [0.25, 0.3) is 0 Å². The molecule has 2 atom stereocenters. The molecule has 1 rings (SSSR count). The maximum Gasteiger partial charge on any atom is 0.361 e. The number of nitrogens with zero attached hydrogens (tertiary/aromatic N) is 1. The highest BCUT2D eigenvalue weighted by Crippen LogP contribution is 2.23. The second kappa shape index (κ2) is 4.24. The van der Waals surface area contributed by atoms with Gasteiger partial charge in [0.05, 0.1) is 0 Å². The molecule has 1 radical (unpaired) electrons. The van der Waals surface area contributed by atoms with Crippen molar-refractivity contribution in [2.24, 2.45) is 0 Å². The summed E-state index contributed by atoms with van der Waals surface area (Å²) in [6, 6.07) is -1.27. The first-order valence-corrected chi connectivity index (χ1v) is 4.08. The molecule has 0 spiro atoms. The number of carbonyl (C=O) groups excluding carboxylic acids is 1.